The molecule has 98 valence electrons. The molecule has 1 heterocycles. The van der Waals surface area contributed by atoms with Gasteiger partial charge in [0, 0.05) is 12.1 Å². The number of amides is 1. The van der Waals surface area contributed by atoms with Crippen LogP contribution in [0.1, 0.15) is 18.4 Å². The summed E-state index contributed by atoms with van der Waals surface area (Å²) in [6.45, 7) is 0.863. The summed E-state index contributed by atoms with van der Waals surface area (Å²) in [6, 6.07) is 7.61. The molecule has 1 unspecified atom stereocenters. The molecule has 0 bridgehead atoms. The number of benzene rings is 1. The lowest BCUT2D eigenvalue weighted by Crippen LogP contribution is -2.48. The molecule has 1 aromatic carbocycles. The minimum Gasteiger partial charge on any atom is -0.496 e. The summed E-state index contributed by atoms with van der Waals surface area (Å²) in [4.78, 5) is 12.1. The molecule has 0 aromatic heterocycles. The van der Waals surface area contributed by atoms with Gasteiger partial charge in [-0.1, -0.05) is 30.1 Å². The summed E-state index contributed by atoms with van der Waals surface area (Å²) in [5, 5.41) is 0. The fraction of sp³-hybridized carbons (Fsp3) is 0.462. The molecule has 0 spiro atoms. The van der Waals surface area contributed by atoms with E-state index >= 15 is 0 Å². The molecule has 5 heteroatoms. The summed E-state index contributed by atoms with van der Waals surface area (Å²) in [5.41, 5.74) is 5.83. The van der Waals surface area contributed by atoms with Gasteiger partial charge in [-0.3, -0.25) is 4.79 Å². The quantitative estimate of drug-likeness (QED) is 0.844. The fourth-order valence-corrected chi connectivity index (χ4v) is 3.58. The average molecular weight is 266 g/mol. The summed E-state index contributed by atoms with van der Waals surface area (Å²) < 4.78 is 7.44. The third-order valence-electron chi connectivity index (χ3n) is 3.51. The first kappa shape index (κ1) is 13.2. The number of carbonyl (C=O) groups is 1. The number of hydrogen-bond donors (Lipinski definition) is 1. The van der Waals surface area contributed by atoms with Crippen molar-refractivity contribution in [2.75, 3.05) is 19.9 Å². The van der Waals surface area contributed by atoms with Crippen LogP contribution in [0.5, 0.6) is 5.75 Å². The number of para-hydroxylation sites is 1. The predicted molar refractivity (Wildman–Crippen MR) is 73.3 cm³/mol. The minimum atomic E-state index is -0.744. The standard InChI is InChI=1S/C13H18N2O2S/c1-17-11-7-4-3-6-10(11)13(12(14)16)8-5-9-15(13)18-2/h3-4,6-7H,5,8-9H2,1-2H3,(H2,14,16). The van der Waals surface area contributed by atoms with Crippen LogP contribution in [-0.4, -0.2) is 30.1 Å². The molecule has 1 atom stereocenters. The van der Waals surface area contributed by atoms with E-state index in [4.69, 9.17) is 10.5 Å². The first-order valence-electron chi connectivity index (χ1n) is 5.92. The molecule has 0 aliphatic carbocycles. The van der Waals surface area contributed by atoms with Crippen molar-refractivity contribution < 1.29 is 9.53 Å². The van der Waals surface area contributed by atoms with E-state index in [0.717, 1.165) is 30.7 Å². The Balaban J connectivity index is 2.57. The van der Waals surface area contributed by atoms with E-state index in [9.17, 15) is 4.79 Å². The van der Waals surface area contributed by atoms with Gasteiger partial charge in [-0.05, 0) is 25.2 Å². The van der Waals surface area contributed by atoms with Crippen molar-refractivity contribution in [3.63, 3.8) is 0 Å². The van der Waals surface area contributed by atoms with E-state index in [1.165, 1.54) is 0 Å². The maximum atomic E-state index is 12.1. The number of nitrogens with two attached hydrogens (primary N) is 1. The van der Waals surface area contributed by atoms with Gasteiger partial charge in [0.1, 0.15) is 11.3 Å². The second-order valence-electron chi connectivity index (χ2n) is 4.31. The first-order chi connectivity index (χ1) is 8.66. The summed E-state index contributed by atoms with van der Waals surface area (Å²) in [7, 11) is 1.62. The van der Waals surface area contributed by atoms with Crippen molar-refractivity contribution in [2.45, 2.75) is 18.4 Å². The van der Waals surface area contributed by atoms with Crippen LogP contribution in [-0.2, 0) is 10.3 Å². The fourth-order valence-electron chi connectivity index (χ4n) is 2.68. The largest absolute Gasteiger partial charge is 0.496 e. The third kappa shape index (κ3) is 1.87. The Labute approximate surface area is 112 Å². The van der Waals surface area contributed by atoms with Crippen LogP contribution < -0.4 is 10.5 Å². The minimum absolute atomic E-state index is 0.307. The van der Waals surface area contributed by atoms with Crippen LogP contribution >= 0.6 is 11.9 Å². The number of nitrogens with zero attached hydrogens (tertiary/aromatic N) is 1. The lowest BCUT2D eigenvalue weighted by molar-refractivity contribution is -0.126. The topological polar surface area (TPSA) is 55.6 Å². The van der Waals surface area contributed by atoms with Gasteiger partial charge in [0.25, 0.3) is 0 Å². The average Bonchev–Trinajstić information content (AvgIpc) is 2.83. The van der Waals surface area contributed by atoms with E-state index in [1.807, 2.05) is 30.5 Å². The number of methoxy groups -OCH3 is 1. The normalized spacial score (nSPS) is 24.1. The molecule has 18 heavy (non-hydrogen) atoms. The Morgan fingerprint density at radius 1 is 1.50 bits per heavy atom. The second kappa shape index (κ2) is 5.20. The van der Waals surface area contributed by atoms with Crippen molar-refractivity contribution in [1.82, 2.24) is 4.31 Å². The molecule has 1 aliphatic rings. The molecule has 1 amide bonds. The van der Waals surface area contributed by atoms with E-state index in [1.54, 1.807) is 19.1 Å². The zero-order chi connectivity index (χ0) is 13.2. The molecule has 1 aromatic rings. The van der Waals surface area contributed by atoms with Crippen LogP contribution in [0, 0.1) is 0 Å². The summed E-state index contributed by atoms with van der Waals surface area (Å²) in [6.07, 6.45) is 3.67. The van der Waals surface area contributed by atoms with Gasteiger partial charge in [-0.25, -0.2) is 4.31 Å². The summed E-state index contributed by atoms with van der Waals surface area (Å²) in [5.74, 6) is 0.413. The van der Waals surface area contributed by atoms with Crippen molar-refractivity contribution in [3.05, 3.63) is 29.8 Å². The number of ether oxygens (including phenoxy) is 1. The molecule has 0 saturated carbocycles. The summed E-state index contributed by atoms with van der Waals surface area (Å²) >= 11 is 1.56. The Kier molecular flexibility index (Phi) is 3.82. The molecule has 4 nitrogen and oxygen atoms in total. The SMILES string of the molecule is COc1ccccc1C1(C(N)=O)CCCN1SC. The highest BCUT2D eigenvalue weighted by atomic mass is 32.2. The zero-order valence-electron chi connectivity index (χ0n) is 10.7. The number of hydrogen-bond acceptors (Lipinski definition) is 4. The van der Waals surface area contributed by atoms with Crippen molar-refractivity contribution >= 4 is 17.9 Å². The first-order valence-corrected chi connectivity index (χ1v) is 7.10. The molecular formula is C13H18N2O2S. The van der Waals surface area contributed by atoms with Crippen molar-refractivity contribution in [2.24, 2.45) is 5.73 Å². The Morgan fingerprint density at radius 2 is 2.22 bits per heavy atom. The van der Waals surface area contributed by atoms with Gasteiger partial charge in [0.2, 0.25) is 5.91 Å². The van der Waals surface area contributed by atoms with Gasteiger partial charge in [0.15, 0.2) is 0 Å². The van der Waals surface area contributed by atoms with Crippen LogP contribution in [0.4, 0.5) is 0 Å². The van der Waals surface area contributed by atoms with Crippen LogP contribution in [0.3, 0.4) is 0 Å². The predicted octanol–water partition coefficient (Wildman–Crippen LogP) is 1.75. The maximum absolute atomic E-state index is 12.1. The molecular weight excluding hydrogens is 248 g/mol. The Bertz CT molecular complexity index is 452. The van der Waals surface area contributed by atoms with Crippen LogP contribution in [0.25, 0.3) is 0 Å². The lowest BCUT2D eigenvalue weighted by Gasteiger charge is -2.35. The van der Waals surface area contributed by atoms with Gasteiger partial charge in [-0.15, -0.1) is 0 Å². The molecule has 0 radical (unpaired) electrons. The van der Waals surface area contributed by atoms with Gasteiger partial charge < -0.3 is 10.5 Å². The van der Waals surface area contributed by atoms with E-state index < -0.39 is 5.54 Å². The Hall–Kier alpha value is -1.20. The number of carbonyl (C=O) groups excluding carboxylic acids is 1. The molecule has 1 aliphatic heterocycles. The van der Waals surface area contributed by atoms with E-state index in [2.05, 4.69) is 4.31 Å². The molecule has 1 fully saturated rings. The highest BCUT2D eigenvalue weighted by molar-refractivity contribution is 7.96. The highest BCUT2D eigenvalue weighted by Crippen LogP contribution is 2.45. The zero-order valence-corrected chi connectivity index (χ0v) is 11.5. The molecule has 1 saturated heterocycles. The van der Waals surface area contributed by atoms with Crippen molar-refractivity contribution in [3.8, 4) is 5.75 Å². The highest BCUT2D eigenvalue weighted by Gasteiger charge is 2.49. The van der Waals surface area contributed by atoms with Gasteiger partial charge >= 0.3 is 0 Å². The van der Waals surface area contributed by atoms with Gasteiger partial charge in [0.05, 0.1) is 7.11 Å². The molecule has 2 N–H and O–H groups in total. The Morgan fingerprint density at radius 3 is 2.83 bits per heavy atom. The van der Waals surface area contributed by atoms with Crippen LogP contribution in [0.15, 0.2) is 24.3 Å². The van der Waals surface area contributed by atoms with E-state index in [-0.39, 0.29) is 5.91 Å². The van der Waals surface area contributed by atoms with Crippen molar-refractivity contribution in [1.29, 1.82) is 0 Å². The maximum Gasteiger partial charge on any atom is 0.243 e. The van der Waals surface area contributed by atoms with Gasteiger partial charge in [-0.2, -0.15) is 0 Å². The van der Waals surface area contributed by atoms with E-state index in [0.29, 0.717) is 0 Å². The monoisotopic (exact) mass is 266 g/mol. The number of primary amides is 1. The lowest BCUT2D eigenvalue weighted by atomic mass is 9.87. The van der Waals surface area contributed by atoms with Crippen LogP contribution in [0.2, 0.25) is 0 Å². The number of rotatable bonds is 4. The smallest absolute Gasteiger partial charge is 0.243 e. The second-order valence-corrected chi connectivity index (χ2v) is 5.12. The molecule has 2 rings (SSSR count). The third-order valence-corrected chi connectivity index (χ3v) is 4.44.